The monoisotopic (exact) mass is 244 g/mol. The molecule has 0 unspecified atom stereocenters. The van der Waals surface area contributed by atoms with Crippen LogP contribution in [0.2, 0.25) is 0 Å². The van der Waals surface area contributed by atoms with Crippen LogP contribution in [0.15, 0.2) is 18.2 Å². The number of rotatable bonds is 2. The minimum Gasteiger partial charge on any atom is -0.399 e. The molecule has 1 saturated carbocycles. The molecule has 0 saturated heterocycles. The Morgan fingerprint density at radius 1 is 1.33 bits per heavy atom. The molecule has 3 rings (SSSR count). The fraction of sp³-hybridized carbons (Fsp3) is 0.533. The van der Waals surface area contributed by atoms with E-state index in [1.54, 1.807) is 0 Å². The molecule has 0 bridgehead atoms. The smallest absolute Gasteiger partial charge is 0.223 e. The summed E-state index contributed by atoms with van der Waals surface area (Å²) in [6, 6.07) is 6.06. The second-order valence-electron chi connectivity index (χ2n) is 5.59. The molecule has 18 heavy (non-hydrogen) atoms. The number of carbonyl (C=O) groups is 1. The molecule has 3 nitrogen and oxygen atoms in total. The highest BCUT2D eigenvalue weighted by Gasteiger charge is 2.26. The summed E-state index contributed by atoms with van der Waals surface area (Å²) in [4.78, 5) is 14.2. The van der Waals surface area contributed by atoms with Crippen LogP contribution < -0.4 is 5.73 Å². The molecule has 1 fully saturated rings. The first-order chi connectivity index (χ1) is 8.72. The molecular formula is C15H20N2O. The average molecular weight is 244 g/mol. The molecule has 0 aromatic heterocycles. The number of hydrogen-bond donors (Lipinski definition) is 1. The molecule has 1 amide bonds. The first kappa shape index (κ1) is 11.6. The van der Waals surface area contributed by atoms with E-state index in [9.17, 15) is 4.79 Å². The van der Waals surface area contributed by atoms with Crippen molar-refractivity contribution in [1.29, 1.82) is 0 Å². The minimum atomic E-state index is 0.327. The van der Waals surface area contributed by atoms with Crippen molar-refractivity contribution in [2.45, 2.75) is 38.6 Å². The van der Waals surface area contributed by atoms with Gasteiger partial charge < -0.3 is 10.6 Å². The van der Waals surface area contributed by atoms with Crippen LogP contribution in [0, 0.1) is 5.92 Å². The number of fused-ring (bicyclic) bond motifs is 1. The van der Waals surface area contributed by atoms with Crippen LogP contribution in [0.4, 0.5) is 5.69 Å². The van der Waals surface area contributed by atoms with E-state index in [1.165, 1.54) is 30.4 Å². The third kappa shape index (κ3) is 2.22. The molecule has 1 aliphatic carbocycles. The van der Waals surface area contributed by atoms with Gasteiger partial charge >= 0.3 is 0 Å². The van der Waals surface area contributed by atoms with Crippen molar-refractivity contribution >= 4 is 11.6 Å². The number of hydrogen-bond acceptors (Lipinski definition) is 2. The van der Waals surface area contributed by atoms with Gasteiger partial charge in [0, 0.05) is 25.2 Å². The predicted molar refractivity (Wildman–Crippen MR) is 71.9 cm³/mol. The van der Waals surface area contributed by atoms with Crippen LogP contribution in [0.1, 0.15) is 36.8 Å². The Kier molecular flexibility index (Phi) is 2.98. The fourth-order valence-electron chi connectivity index (χ4n) is 2.86. The largest absolute Gasteiger partial charge is 0.399 e. The second-order valence-corrected chi connectivity index (χ2v) is 5.59. The van der Waals surface area contributed by atoms with Gasteiger partial charge in [-0.1, -0.05) is 12.5 Å². The summed E-state index contributed by atoms with van der Waals surface area (Å²) in [5.74, 6) is 0.979. The summed E-state index contributed by atoms with van der Waals surface area (Å²) in [5, 5.41) is 0. The van der Waals surface area contributed by atoms with E-state index in [0.29, 0.717) is 11.8 Å². The highest BCUT2D eigenvalue weighted by Crippen LogP contribution is 2.31. The minimum absolute atomic E-state index is 0.327. The molecule has 1 aromatic carbocycles. The number of anilines is 1. The Morgan fingerprint density at radius 3 is 2.89 bits per heavy atom. The lowest BCUT2D eigenvalue weighted by atomic mass is 9.82. The van der Waals surface area contributed by atoms with Crippen LogP contribution >= 0.6 is 0 Å². The summed E-state index contributed by atoms with van der Waals surface area (Å²) >= 11 is 0. The van der Waals surface area contributed by atoms with Crippen molar-refractivity contribution in [3.05, 3.63) is 29.3 Å². The van der Waals surface area contributed by atoms with Crippen molar-refractivity contribution in [3.8, 4) is 0 Å². The quantitative estimate of drug-likeness (QED) is 0.812. The summed E-state index contributed by atoms with van der Waals surface area (Å²) < 4.78 is 0. The molecule has 0 atom stereocenters. The van der Waals surface area contributed by atoms with Crippen molar-refractivity contribution in [3.63, 3.8) is 0 Å². The lowest BCUT2D eigenvalue weighted by Gasteiger charge is -2.32. The summed E-state index contributed by atoms with van der Waals surface area (Å²) in [7, 11) is 0. The maximum absolute atomic E-state index is 12.2. The van der Waals surface area contributed by atoms with Crippen molar-refractivity contribution in [2.24, 2.45) is 5.92 Å². The Bertz CT molecular complexity index is 466. The van der Waals surface area contributed by atoms with Gasteiger partial charge in [0.15, 0.2) is 0 Å². The van der Waals surface area contributed by atoms with Gasteiger partial charge in [0.2, 0.25) is 5.91 Å². The number of benzene rings is 1. The van der Waals surface area contributed by atoms with Gasteiger partial charge in [-0.15, -0.1) is 0 Å². The van der Waals surface area contributed by atoms with Gasteiger partial charge in [0.1, 0.15) is 0 Å². The number of nitrogens with zero attached hydrogens (tertiary/aromatic N) is 1. The number of nitrogen functional groups attached to an aromatic ring is 1. The average Bonchev–Trinajstić information content (AvgIpc) is 2.32. The number of carbonyl (C=O) groups excluding carboxylic acids is 1. The molecule has 2 aliphatic rings. The molecule has 0 spiro atoms. The van der Waals surface area contributed by atoms with E-state index in [2.05, 4.69) is 6.07 Å². The number of amides is 1. The SMILES string of the molecule is Nc1ccc2c(c1)CN(C(=O)CC1CCC1)CC2. The standard InChI is InChI=1S/C15H20N2O/c16-14-5-4-12-6-7-17(10-13(12)9-14)15(18)8-11-2-1-3-11/h4-5,9,11H,1-3,6-8,10,16H2. The first-order valence-electron chi connectivity index (χ1n) is 6.87. The van der Waals surface area contributed by atoms with Crippen LogP contribution in [0.3, 0.4) is 0 Å². The van der Waals surface area contributed by atoms with E-state index >= 15 is 0 Å². The molecule has 0 radical (unpaired) electrons. The fourth-order valence-corrected chi connectivity index (χ4v) is 2.86. The molecule has 3 heteroatoms. The molecule has 2 N–H and O–H groups in total. The highest BCUT2D eigenvalue weighted by molar-refractivity contribution is 5.77. The van der Waals surface area contributed by atoms with E-state index in [1.807, 2.05) is 17.0 Å². The summed E-state index contributed by atoms with van der Waals surface area (Å²) in [6.45, 7) is 1.61. The molecule has 1 aromatic rings. The summed E-state index contributed by atoms with van der Waals surface area (Å²) in [6.07, 6.45) is 5.49. The maximum Gasteiger partial charge on any atom is 0.223 e. The Labute approximate surface area is 108 Å². The van der Waals surface area contributed by atoms with Gasteiger partial charge in [-0.2, -0.15) is 0 Å². The Morgan fingerprint density at radius 2 is 2.17 bits per heavy atom. The summed E-state index contributed by atoms with van der Waals surface area (Å²) in [5.41, 5.74) is 9.17. The molecular weight excluding hydrogens is 224 g/mol. The highest BCUT2D eigenvalue weighted by atomic mass is 16.2. The van der Waals surface area contributed by atoms with Crippen LogP contribution in [0.25, 0.3) is 0 Å². The number of nitrogens with two attached hydrogens (primary N) is 1. The Hall–Kier alpha value is -1.51. The molecule has 1 heterocycles. The van der Waals surface area contributed by atoms with Crippen molar-refractivity contribution in [2.75, 3.05) is 12.3 Å². The maximum atomic E-state index is 12.2. The van der Waals surface area contributed by atoms with Crippen LogP contribution in [-0.2, 0) is 17.8 Å². The van der Waals surface area contributed by atoms with Gasteiger partial charge in [0.25, 0.3) is 0 Å². The van der Waals surface area contributed by atoms with Crippen molar-refractivity contribution in [1.82, 2.24) is 4.90 Å². The van der Waals surface area contributed by atoms with E-state index in [-0.39, 0.29) is 0 Å². The molecule has 96 valence electrons. The Balaban J connectivity index is 1.67. The van der Waals surface area contributed by atoms with E-state index in [0.717, 1.165) is 31.6 Å². The van der Waals surface area contributed by atoms with Crippen LogP contribution in [-0.4, -0.2) is 17.4 Å². The third-order valence-electron chi connectivity index (χ3n) is 4.28. The lowest BCUT2D eigenvalue weighted by Crippen LogP contribution is -2.37. The second kappa shape index (κ2) is 4.63. The van der Waals surface area contributed by atoms with Crippen LogP contribution in [0.5, 0.6) is 0 Å². The van der Waals surface area contributed by atoms with Crippen molar-refractivity contribution < 1.29 is 4.79 Å². The zero-order valence-corrected chi connectivity index (χ0v) is 10.7. The van der Waals surface area contributed by atoms with E-state index in [4.69, 9.17) is 5.73 Å². The van der Waals surface area contributed by atoms with Gasteiger partial charge in [-0.3, -0.25) is 4.79 Å². The zero-order valence-electron chi connectivity index (χ0n) is 10.7. The lowest BCUT2D eigenvalue weighted by molar-refractivity contribution is -0.133. The van der Waals surface area contributed by atoms with Gasteiger partial charge in [-0.05, 0) is 48.4 Å². The topological polar surface area (TPSA) is 46.3 Å². The van der Waals surface area contributed by atoms with Gasteiger partial charge in [-0.25, -0.2) is 0 Å². The zero-order chi connectivity index (χ0) is 12.5. The predicted octanol–water partition coefficient (Wildman–Crippen LogP) is 2.34. The third-order valence-corrected chi connectivity index (χ3v) is 4.28. The van der Waals surface area contributed by atoms with Gasteiger partial charge in [0.05, 0.1) is 0 Å². The normalized spacial score (nSPS) is 19.2. The van der Waals surface area contributed by atoms with E-state index < -0.39 is 0 Å². The molecule has 1 aliphatic heterocycles. The first-order valence-corrected chi connectivity index (χ1v) is 6.87.